The fourth-order valence-corrected chi connectivity index (χ4v) is 4.19. The van der Waals surface area contributed by atoms with Gasteiger partial charge in [0.05, 0.1) is 31.6 Å². The molecule has 0 radical (unpaired) electrons. The van der Waals surface area contributed by atoms with Gasteiger partial charge in [0, 0.05) is 43.2 Å². The summed E-state index contributed by atoms with van der Waals surface area (Å²) in [7, 11) is 1.61. The molecule has 0 unspecified atom stereocenters. The van der Waals surface area contributed by atoms with Gasteiger partial charge in [0.25, 0.3) is 5.91 Å². The summed E-state index contributed by atoms with van der Waals surface area (Å²) in [4.78, 5) is 20.2. The standard InChI is InChI=1S/C27H27N5O3/c1-34-24-12-6-5-11-22(24)25-23(19-32(30-25)21-9-3-2-4-10-21)27(33)29-18-20-8-7-13-28-26(20)31-14-16-35-17-15-31/h2-13,19H,14-18H2,1H3,(H,29,33). The van der Waals surface area contributed by atoms with Gasteiger partial charge < -0.3 is 19.7 Å². The largest absolute Gasteiger partial charge is 0.496 e. The Bertz CT molecular complexity index is 1300. The number of carbonyl (C=O) groups is 1. The van der Waals surface area contributed by atoms with E-state index in [-0.39, 0.29) is 5.91 Å². The van der Waals surface area contributed by atoms with E-state index in [1.807, 2.05) is 66.7 Å². The molecule has 0 spiro atoms. The Balaban J connectivity index is 1.45. The number of morpholine rings is 1. The van der Waals surface area contributed by atoms with Crippen molar-refractivity contribution in [1.82, 2.24) is 20.1 Å². The van der Waals surface area contributed by atoms with E-state index in [9.17, 15) is 4.79 Å². The number of nitrogens with zero attached hydrogens (tertiary/aromatic N) is 4. The first-order valence-corrected chi connectivity index (χ1v) is 11.6. The number of carbonyl (C=O) groups excluding carboxylic acids is 1. The Hall–Kier alpha value is -4.17. The number of pyridine rings is 1. The molecule has 1 amide bonds. The number of amides is 1. The van der Waals surface area contributed by atoms with Crippen molar-refractivity contribution in [2.24, 2.45) is 0 Å². The summed E-state index contributed by atoms with van der Waals surface area (Å²) in [6.45, 7) is 3.24. The summed E-state index contributed by atoms with van der Waals surface area (Å²) in [5.74, 6) is 1.31. The topological polar surface area (TPSA) is 81.5 Å². The highest BCUT2D eigenvalue weighted by molar-refractivity contribution is 6.00. The number of ether oxygens (including phenoxy) is 2. The Morgan fingerprint density at radius 2 is 1.80 bits per heavy atom. The number of aromatic nitrogens is 3. The maximum absolute atomic E-state index is 13.5. The summed E-state index contributed by atoms with van der Waals surface area (Å²) in [6, 6.07) is 21.2. The quantitative estimate of drug-likeness (QED) is 0.444. The van der Waals surface area contributed by atoms with Crippen LogP contribution in [0, 0.1) is 0 Å². The number of hydrogen-bond donors (Lipinski definition) is 1. The minimum absolute atomic E-state index is 0.218. The van der Waals surface area contributed by atoms with Crippen molar-refractivity contribution < 1.29 is 14.3 Å². The summed E-state index contributed by atoms with van der Waals surface area (Å²) >= 11 is 0. The van der Waals surface area contributed by atoms with Crippen molar-refractivity contribution in [1.29, 1.82) is 0 Å². The molecule has 4 aromatic rings. The van der Waals surface area contributed by atoms with Crippen LogP contribution in [0.2, 0.25) is 0 Å². The van der Waals surface area contributed by atoms with Crippen molar-refractivity contribution in [2.45, 2.75) is 6.54 Å². The molecule has 1 fully saturated rings. The first kappa shape index (κ1) is 22.6. The molecule has 5 rings (SSSR count). The first-order chi connectivity index (χ1) is 17.2. The van der Waals surface area contributed by atoms with Crippen molar-refractivity contribution in [2.75, 3.05) is 38.3 Å². The normalized spacial score (nSPS) is 13.5. The summed E-state index contributed by atoms with van der Waals surface area (Å²) in [5.41, 5.74) is 3.60. The predicted octanol–water partition coefficient (Wildman–Crippen LogP) is 3.71. The Morgan fingerprint density at radius 3 is 2.60 bits per heavy atom. The van der Waals surface area contributed by atoms with Gasteiger partial charge in [-0.1, -0.05) is 36.4 Å². The summed E-state index contributed by atoms with van der Waals surface area (Å²) in [6.07, 6.45) is 3.54. The molecule has 0 saturated carbocycles. The molecule has 8 heteroatoms. The van der Waals surface area contributed by atoms with Gasteiger partial charge in [-0.05, 0) is 30.3 Å². The highest BCUT2D eigenvalue weighted by Gasteiger charge is 2.22. The zero-order valence-electron chi connectivity index (χ0n) is 19.6. The number of rotatable bonds is 7. The molecule has 8 nitrogen and oxygen atoms in total. The van der Waals surface area contributed by atoms with E-state index in [0.29, 0.717) is 36.8 Å². The minimum Gasteiger partial charge on any atom is -0.496 e. The van der Waals surface area contributed by atoms with Gasteiger partial charge in [0.15, 0.2) is 0 Å². The number of anilines is 1. The average Bonchev–Trinajstić information content (AvgIpc) is 3.38. The van der Waals surface area contributed by atoms with E-state index in [4.69, 9.17) is 14.6 Å². The van der Waals surface area contributed by atoms with Crippen LogP contribution in [-0.2, 0) is 11.3 Å². The predicted molar refractivity (Wildman–Crippen MR) is 134 cm³/mol. The monoisotopic (exact) mass is 469 g/mol. The molecule has 1 aliphatic rings. The second kappa shape index (κ2) is 10.4. The van der Waals surface area contributed by atoms with Gasteiger partial charge in [0.1, 0.15) is 17.3 Å². The fraction of sp³-hybridized carbons (Fsp3) is 0.222. The molecule has 0 aliphatic carbocycles. The lowest BCUT2D eigenvalue weighted by Gasteiger charge is -2.29. The third-order valence-electron chi connectivity index (χ3n) is 5.96. The van der Waals surface area contributed by atoms with Crippen LogP contribution in [0.3, 0.4) is 0 Å². The second-order valence-corrected chi connectivity index (χ2v) is 8.14. The second-order valence-electron chi connectivity index (χ2n) is 8.14. The molecule has 3 heterocycles. The molecule has 1 aliphatic heterocycles. The van der Waals surface area contributed by atoms with Crippen LogP contribution < -0.4 is 15.0 Å². The third kappa shape index (κ3) is 4.88. The lowest BCUT2D eigenvalue weighted by Crippen LogP contribution is -2.37. The van der Waals surface area contributed by atoms with E-state index < -0.39 is 0 Å². The van der Waals surface area contributed by atoms with Crippen LogP contribution in [0.15, 0.2) is 79.1 Å². The molecule has 35 heavy (non-hydrogen) atoms. The molecule has 1 N–H and O–H groups in total. The van der Waals surface area contributed by atoms with Gasteiger partial charge in [-0.3, -0.25) is 4.79 Å². The number of hydrogen-bond acceptors (Lipinski definition) is 6. The third-order valence-corrected chi connectivity index (χ3v) is 5.96. The number of nitrogens with one attached hydrogen (secondary N) is 1. The lowest BCUT2D eigenvalue weighted by molar-refractivity contribution is 0.0951. The summed E-state index contributed by atoms with van der Waals surface area (Å²) < 4.78 is 12.8. The van der Waals surface area contributed by atoms with Crippen LogP contribution in [-0.4, -0.2) is 54.1 Å². The molecular weight excluding hydrogens is 442 g/mol. The number of benzene rings is 2. The molecule has 2 aromatic heterocycles. The smallest absolute Gasteiger partial charge is 0.255 e. The highest BCUT2D eigenvalue weighted by atomic mass is 16.5. The van der Waals surface area contributed by atoms with Crippen LogP contribution >= 0.6 is 0 Å². The molecule has 178 valence electrons. The maximum Gasteiger partial charge on any atom is 0.255 e. The average molecular weight is 470 g/mol. The maximum atomic E-state index is 13.5. The van der Waals surface area contributed by atoms with Crippen molar-refractivity contribution in [3.8, 4) is 22.7 Å². The molecule has 2 aromatic carbocycles. The molecular formula is C27H27N5O3. The first-order valence-electron chi connectivity index (χ1n) is 11.6. The fourth-order valence-electron chi connectivity index (χ4n) is 4.19. The van der Waals surface area contributed by atoms with E-state index >= 15 is 0 Å². The van der Waals surface area contributed by atoms with Gasteiger partial charge in [-0.25, -0.2) is 9.67 Å². The van der Waals surface area contributed by atoms with E-state index in [0.717, 1.165) is 35.7 Å². The van der Waals surface area contributed by atoms with Gasteiger partial charge in [-0.15, -0.1) is 0 Å². The minimum atomic E-state index is -0.218. The Labute approximate surface area is 204 Å². The molecule has 0 bridgehead atoms. The van der Waals surface area contributed by atoms with Gasteiger partial charge in [0.2, 0.25) is 0 Å². The summed E-state index contributed by atoms with van der Waals surface area (Å²) in [5, 5.41) is 7.84. The van der Waals surface area contributed by atoms with Crippen LogP contribution in [0.25, 0.3) is 16.9 Å². The Kier molecular flexibility index (Phi) is 6.72. The molecule has 1 saturated heterocycles. The van der Waals surface area contributed by atoms with Crippen molar-refractivity contribution >= 4 is 11.7 Å². The zero-order chi connectivity index (χ0) is 24.0. The van der Waals surface area contributed by atoms with E-state index in [1.165, 1.54) is 0 Å². The van der Waals surface area contributed by atoms with Crippen molar-refractivity contribution in [3.05, 3.63) is 90.3 Å². The van der Waals surface area contributed by atoms with Gasteiger partial charge >= 0.3 is 0 Å². The van der Waals surface area contributed by atoms with E-state index in [2.05, 4.69) is 15.2 Å². The SMILES string of the molecule is COc1ccccc1-c1nn(-c2ccccc2)cc1C(=O)NCc1cccnc1N1CCOCC1. The Morgan fingerprint density at radius 1 is 1.03 bits per heavy atom. The van der Waals surface area contributed by atoms with Gasteiger partial charge in [-0.2, -0.15) is 5.10 Å². The van der Waals surface area contributed by atoms with Crippen LogP contribution in [0.4, 0.5) is 5.82 Å². The van der Waals surface area contributed by atoms with Crippen molar-refractivity contribution in [3.63, 3.8) is 0 Å². The zero-order valence-corrected chi connectivity index (χ0v) is 19.6. The lowest BCUT2D eigenvalue weighted by atomic mass is 10.1. The number of para-hydroxylation sites is 2. The number of methoxy groups -OCH3 is 1. The van der Waals surface area contributed by atoms with E-state index in [1.54, 1.807) is 24.2 Å². The highest BCUT2D eigenvalue weighted by Crippen LogP contribution is 2.32. The van der Waals surface area contributed by atoms with Crippen LogP contribution in [0.5, 0.6) is 5.75 Å². The molecule has 0 atom stereocenters. The van der Waals surface area contributed by atoms with Crippen LogP contribution in [0.1, 0.15) is 15.9 Å².